The van der Waals surface area contributed by atoms with Crippen molar-refractivity contribution in [2.75, 3.05) is 0 Å². The number of hydrogen-bond donors (Lipinski definition) is 0. The molecule has 0 aromatic heterocycles. The van der Waals surface area contributed by atoms with Gasteiger partial charge >= 0.3 is 0 Å². The molecule has 2 unspecified atom stereocenters. The van der Waals surface area contributed by atoms with Crippen LogP contribution in [0.4, 0.5) is 0 Å². The van der Waals surface area contributed by atoms with Crippen molar-refractivity contribution in [2.24, 2.45) is 11.8 Å². The summed E-state index contributed by atoms with van der Waals surface area (Å²) in [5.41, 5.74) is 4.11. The molecule has 0 amide bonds. The molecular formula is C28H22O4S2. The summed E-state index contributed by atoms with van der Waals surface area (Å²) in [5.74, 6) is -0.517. The minimum Gasteiger partial charge on any atom is -0.184 e. The fraction of sp³-hybridized carbons (Fsp3) is 0.0714. The van der Waals surface area contributed by atoms with Gasteiger partial charge in [0.05, 0.1) is 9.73 Å². The molecule has 2 atom stereocenters. The molecule has 0 saturated heterocycles. The first-order valence-corrected chi connectivity index (χ1v) is 12.8. The normalized spacial score (nSPS) is 19.4. The largest absolute Gasteiger partial charge is 0.218 e. The van der Waals surface area contributed by atoms with E-state index in [9.17, 15) is 16.8 Å². The third kappa shape index (κ3) is 5.78. The van der Waals surface area contributed by atoms with E-state index in [0.29, 0.717) is 9.73 Å². The first-order valence-electron chi connectivity index (χ1n) is 10.7. The summed E-state index contributed by atoms with van der Waals surface area (Å²) in [5, 5.41) is 0. The van der Waals surface area contributed by atoms with Crippen LogP contribution in [0.15, 0.2) is 109 Å². The van der Waals surface area contributed by atoms with Crippen molar-refractivity contribution in [1.82, 2.24) is 0 Å². The highest BCUT2D eigenvalue weighted by Gasteiger charge is 2.12. The molecule has 0 spiro atoms. The van der Waals surface area contributed by atoms with Crippen molar-refractivity contribution >= 4 is 42.5 Å². The molecule has 2 aliphatic carbocycles. The number of benzene rings is 2. The van der Waals surface area contributed by atoms with Crippen LogP contribution >= 0.6 is 0 Å². The van der Waals surface area contributed by atoms with Gasteiger partial charge < -0.3 is 0 Å². The summed E-state index contributed by atoms with van der Waals surface area (Å²) in [7, 11) is -4.48. The predicted octanol–water partition coefficient (Wildman–Crippen LogP) is 4.97. The Labute approximate surface area is 202 Å². The molecule has 4 nitrogen and oxygen atoms in total. The Morgan fingerprint density at radius 3 is 1.26 bits per heavy atom. The summed E-state index contributed by atoms with van der Waals surface area (Å²) in [6.07, 6.45) is 21.7. The number of allylic oxidation sites excluding steroid dienone is 10. The summed E-state index contributed by atoms with van der Waals surface area (Å²) >= 11 is 0. The second-order valence-electron chi connectivity index (χ2n) is 7.78. The topological polar surface area (TPSA) is 68.3 Å². The Morgan fingerprint density at radius 2 is 0.912 bits per heavy atom. The van der Waals surface area contributed by atoms with Gasteiger partial charge in [-0.05, 0) is 34.4 Å². The quantitative estimate of drug-likeness (QED) is 0.560. The van der Waals surface area contributed by atoms with E-state index in [-0.39, 0.29) is 11.8 Å². The van der Waals surface area contributed by atoms with Crippen LogP contribution in [0.3, 0.4) is 0 Å². The zero-order chi connectivity index (χ0) is 23.9. The van der Waals surface area contributed by atoms with Gasteiger partial charge in [0.15, 0.2) is 0 Å². The molecule has 6 heteroatoms. The van der Waals surface area contributed by atoms with E-state index >= 15 is 0 Å². The highest BCUT2D eigenvalue weighted by Crippen LogP contribution is 2.22. The molecule has 0 N–H and O–H groups in total. The van der Waals surface area contributed by atoms with E-state index in [4.69, 9.17) is 0 Å². The van der Waals surface area contributed by atoms with Crippen molar-refractivity contribution < 1.29 is 16.8 Å². The van der Waals surface area contributed by atoms with Gasteiger partial charge in [0.1, 0.15) is 0 Å². The van der Waals surface area contributed by atoms with Gasteiger partial charge in [0, 0.05) is 11.8 Å². The zero-order valence-corrected chi connectivity index (χ0v) is 19.8. The number of hydrogen-bond acceptors (Lipinski definition) is 4. The third-order valence-corrected chi connectivity index (χ3v) is 7.16. The highest BCUT2D eigenvalue weighted by atomic mass is 32.2. The zero-order valence-electron chi connectivity index (χ0n) is 18.2. The van der Waals surface area contributed by atoms with Crippen LogP contribution in [-0.4, -0.2) is 26.6 Å². The van der Waals surface area contributed by atoms with E-state index in [2.05, 4.69) is 0 Å². The van der Waals surface area contributed by atoms with E-state index in [1.54, 1.807) is 24.3 Å². The van der Waals surface area contributed by atoms with Crippen LogP contribution in [0.2, 0.25) is 0 Å². The SMILES string of the molecule is O=S(=O)=C1C=CC=CC1C=Cc1ccc(-c2ccc(C=CC3C=CC=CC3=S(=O)=O)cc2)cc1. The maximum Gasteiger partial charge on any atom is 0.218 e. The van der Waals surface area contributed by atoms with E-state index in [1.165, 1.54) is 0 Å². The average molecular weight is 487 g/mol. The molecule has 0 fully saturated rings. The van der Waals surface area contributed by atoms with Crippen LogP contribution in [0.5, 0.6) is 0 Å². The van der Waals surface area contributed by atoms with Crippen molar-refractivity contribution in [1.29, 1.82) is 0 Å². The maximum absolute atomic E-state index is 11.4. The lowest BCUT2D eigenvalue weighted by atomic mass is 9.97. The van der Waals surface area contributed by atoms with Gasteiger partial charge in [-0.1, -0.05) is 109 Å². The van der Waals surface area contributed by atoms with Crippen LogP contribution in [-0.2, 0) is 20.6 Å². The van der Waals surface area contributed by atoms with Crippen molar-refractivity contribution in [3.05, 3.63) is 120 Å². The minimum atomic E-state index is -2.24. The lowest BCUT2D eigenvalue weighted by Crippen LogP contribution is -2.10. The van der Waals surface area contributed by atoms with Gasteiger partial charge in [-0.3, -0.25) is 0 Å². The Bertz CT molecular complexity index is 1390. The fourth-order valence-corrected chi connectivity index (χ4v) is 4.87. The lowest BCUT2D eigenvalue weighted by Gasteiger charge is -2.09. The standard InChI is InChI=1S/C28H22O4S2/c29-33(30)27-7-3-1-5-25(27)19-13-21-9-15-23(16-10-21)24-17-11-22(12-18-24)14-20-26-6-2-4-8-28(26)34(31)32/h1-20,25-26H. The van der Waals surface area contributed by atoms with Gasteiger partial charge in [-0.2, -0.15) is 16.8 Å². The van der Waals surface area contributed by atoms with Crippen molar-refractivity contribution in [3.8, 4) is 11.1 Å². The van der Waals surface area contributed by atoms with E-state index in [0.717, 1.165) is 22.3 Å². The van der Waals surface area contributed by atoms with Crippen molar-refractivity contribution in [3.63, 3.8) is 0 Å². The molecule has 0 aliphatic heterocycles. The first kappa shape index (κ1) is 23.4. The monoisotopic (exact) mass is 486 g/mol. The molecule has 2 aromatic rings. The second kappa shape index (κ2) is 10.9. The first-order chi connectivity index (χ1) is 16.5. The second-order valence-corrected chi connectivity index (χ2v) is 9.66. The Morgan fingerprint density at radius 1 is 0.529 bits per heavy atom. The molecule has 170 valence electrons. The predicted molar refractivity (Wildman–Crippen MR) is 141 cm³/mol. The van der Waals surface area contributed by atoms with Crippen LogP contribution in [0, 0.1) is 11.8 Å². The van der Waals surface area contributed by atoms with E-state index < -0.39 is 20.6 Å². The Balaban J connectivity index is 1.44. The Hall–Kier alpha value is -3.74. The van der Waals surface area contributed by atoms with Crippen LogP contribution in [0.25, 0.3) is 23.3 Å². The van der Waals surface area contributed by atoms with Gasteiger partial charge in [0.25, 0.3) is 0 Å². The van der Waals surface area contributed by atoms with Crippen LogP contribution < -0.4 is 0 Å². The van der Waals surface area contributed by atoms with Crippen molar-refractivity contribution in [2.45, 2.75) is 0 Å². The smallest absolute Gasteiger partial charge is 0.184 e. The highest BCUT2D eigenvalue weighted by molar-refractivity contribution is 7.73. The molecule has 4 rings (SSSR count). The van der Waals surface area contributed by atoms with E-state index in [1.807, 2.05) is 97.1 Å². The minimum absolute atomic E-state index is 0.258. The molecule has 0 heterocycles. The van der Waals surface area contributed by atoms with Gasteiger partial charge in [0.2, 0.25) is 20.6 Å². The summed E-state index contributed by atoms with van der Waals surface area (Å²) in [4.78, 5) is 0.715. The lowest BCUT2D eigenvalue weighted by molar-refractivity contribution is 0.625. The third-order valence-electron chi connectivity index (χ3n) is 5.57. The average Bonchev–Trinajstić information content (AvgIpc) is 2.87. The molecule has 0 bridgehead atoms. The molecule has 2 aromatic carbocycles. The molecular weight excluding hydrogens is 464 g/mol. The van der Waals surface area contributed by atoms with Crippen LogP contribution in [0.1, 0.15) is 11.1 Å². The van der Waals surface area contributed by atoms with Gasteiger partial charge in [-0.15, -0.1) is 0 Å². The molecule has 2 aliphatic rings. The summed E-state index contributed by atoms with van der Waals surface area (Å²) in [6, 6.07) is 16.1. The summed E-state index contributed by atoms with van der Waals surface area (Å²) < 4.78 is 45.5. The molecule has 34 heavy (non-hydrogen) atoms. The van der Waals surface area contributed by atoms with Gasteiger partial charge in [-0.25, -0.2) is 0 Å². The molecule has 0 radical (unpaired) electrons. The fourth-order valence-electron chi connectivity index (χ4n) is 3.73. The Kier molecular flexibility index (Phi) is 7.52. The molecule has 0 saturated carbocycles. The number of rotatable bonds is 5. The maximum atomic E-state index is 11.4. The summed E-state index contributed by atoms with van der Waals surface area (Å²) in [6.45, 7) is 0.